The molecule has 0 saturated carbocycles. The van der Waals surface area contributed by atoms with Crippen molar-refractivity contribution in [2.75, 3.05) is 21.3 Å². The summed E-state index contributed by atoms with van der Waals surface area (Å²) in [7, 11) is 4.41. The van der Waals surface area contributed by atoms with E-state index in [1.165, 1.54) is 18.1 Å². The Hall–Kier alpha value is -3.36. The van der Waals surface area contributed by atoms with Gasteiger partial charge in [0.2, 0.25) is 5.95 Å². The Balaban J connectivity index is 2.16. The minimum absolute atomic E-state index is 0.152. The van der Waals surface area contributed by atoms with E-state index in [0.717, 1.165) is 5.56 Å². The van der Waals surface area contributed by atoms with Crippen molar-refractivity contribution < 1.29 is 19.0 Å². The highest BCUT2D eigenvalue weighted by molar-refractivity contribution is 5.89. The van der Waals surface area contributed by atoms with Gasteiger partial charge in [-0.15, -0.1) is 0 Å². The normalized spacial score (nSPS) is 10.5. The number of rotatable bonds is 5. The molecule has 124 valence electrons. The van der Waals surface area contributed by atoms with Gasteiger partial charge in [-0.1, -0.05) is 0 Å². The lowest BCUT2D eigenvalue weighted by molar-refractivity contribution is 0.0593. The van der Waals surface area contributed by atoms with Crippen LogP contribution in [0, 0.1) is 0 Å². The maximum atomic E-state index is 11.8. The molecule has 1 N–H and O–H groups in total. The van der Waals surface area contributed by atoms with Crippen molar-refractivity contribution in [1.82, 2.24) is 25.0 Å². The Labute approximate surface area is 137 Å². The lowest BCUT2D eigenvalue weighted by Crippen LogP contribution is -2.05. The summed E-state index contributed by atoms with van der Waals surface area (Å²) in [6.07, 6.45) is 1.35. The van der Waals surface area contributed by atoms with Crippen molar-refractivity contribution in [3.63, 3.8) is 0 Å². The van der Waals surface area contributed by atoms with Crippen LogP contribution >= 0.6 is 0 Å². The van der Waals surface area contributed by atoms with Gasteiger partial charge >= 0.3 is 5.97 Å². The lowest BCUT2D eigenvalue weighted by atomic mass is 10.1. The van der Waals surface area contributed by atoms with E-state index in [2.05, 4.69) is 20.3 Å². The monoisotopic (exact) mass is 329 g/mol. The summed E-state index contributed by atoms with van der Waals surface area (Å²) in [4.78, 5) is 15.9. The molecule has 0 amide bonds. The number of ether oxygens (including phenoxy) is 3. The van der Waals surface area contributed by atoms with Crippen molar-refractivity contribution in [3.05, 3.63) is 36.3 Å². The molecule has 0 aliphatic heterocycles. The third-order valence-electron chi connectivity index (χ3n) is 3.39. The van der Waals surface area contributed by atoms with E-state index < -0.39 is 5.97 Å². The van der Waals surface area contributed by atoms with Crippen molar-refractivity contribution in [2.45, 2.75) is 0 Å². The van der Waals surface area contributed by atoms with Crippen LogP contribution in [0.1, 0.15) is 10.5 Å². The number of hydrogen-bond acceptors (Lipinski definition) is 7. The van der Waals surface area contributed by atoms with Crippen LogP contribution in [-0.4, -0.2) is 52.3 Å². The first-order chi connectivity index (χ1) is 11.7. The molecule has 0 aliphatic carbocycles. The molecule has 2 heterocycles. The SMILES string of the molecule is COC(=O)c1cc(-c2ccc(OC)c(OC)c2)n(-c2ncn[nH]2)n1. The van der Waals surface area contributed by atoms with Crippen LogP contribution in [-0.2, 0) is 4.74 Å². The standard InChI is InChI=1S/C15H15N5O4/c1-22-12-5-4-9(6-13(12)23-2)11-7-10(14(21)24-3)19-20(11)15-16-8-17-18-15/h4-8H,1-3H3,(H,16,17,18). The van der Waals surface area contributed by atoms with Crippen molar-refractivity contribution in [3.8, 4) is 28.7 Å². The van der Waals surface area contributed by atoms with Gasteiger partial charge in [0.15, 0.2) is 17.2 Å². The number of hydrogen-bond donors (Lipinski definition) is 1. The van der Waals surface area contributed by atoms with E-state index in [9.17, 15) is 4.79 Å². The van der Waals surface area contributed by atoms with Gasteiger partial charge in [-0.3, -0.25) is 0 Å². The molecule has 0 bridgehead atoms. The molecule has 24 heavy (non-hydrogen) atoms. The fourth-order valence-electron chi connectivity index (χ4n) is 2.25. The van der Waals surface area contributed by atoms with Crippen LogP contribution < -0.4 is 9.47 Å². The number of carbonyl (C=O) groups excluding carboxylic acids is 1. The van der Waals surface area contributed by atoms with Gasteiger partial charge in [0.25, 0.3) is 0 Å². The third-order valence-corrected chi connectivity index (χ3v) is 3.39. The molecule has 0 aliphatic rings. The van der Waals surface area contributed by atoms with E-state index in [0.29, 0.717) is 23.1 Å². The molecular weight excluding hydrogens is 314 g/mol. The second-order valence-corrected chi connectivity index (χ2v) is 4.70. The summed E-state index contributed by atoms with van der Waals surface area (Å²) in [5, 5.41) is 10.8. The fraction of sp³-hybridized carbons (Fsp3) is 0.200. The zero-order valence-electron chi connectivity index (χ0n) is 13.3. The molecule has 9 nitrogen and oxygen atoms in total. The third kappa shape index (κ3) is 2.67. The molecule has 3 rings (SSSR count). The first-order valence-corrected chi connectivity index (χ1v) is 6.94. The molecule has 3 aromatic rings. The highest BCUT2D eigenvalue weighted by Gasteiger charge is 2.19. The van der Waals surface area contributed by atoms with Crippen LogP contribution in [0.4, 0.5) is 0 Å². The minimum atomic E-state index is -0.546. The Morgan fingerprint density at radius 2 is 1.92 bits per heavy atom. The number of benzene rings is 1. The predicted octanol–water partition coefficient (Wildman–Crippen LogP) is 1.46. The molecule has 2 aromatic heterocycles. The van der Waals surface area contributed by atoms with Crippen LogP contribution in [0.3, 0.4) is 0 Å². The zero-order valence-corrected chi connectivity index (χ0v) is 13.3. The predicted molar refractivity (Wildman–Crippen MR) is 83.4 cm³/mol. The summed E-state index contributed by atoms with van der Waals surface area (Å²) in [6, 6.07) is 6.98. The van der Waals surface area contributed by atoms with Crippen LogP contribution in [0.2, 0.25) is 0 Å². The van der Waals surface area contributed by atoms with Gasteiger partial charge in [-0.25, -0.2) is 9.89 Å². The summed E-state index contributed by atoms with van der Waals surface area (Å²) >= 11 is 0. The van der Waals surface area contributed by atoms with Gasteiger partial charge in [0.1, 0.15) is 6.33 Å². The summed E-state index contributed by atoms with van der Waals surface area (Å²) < 4.78 is 16.8. The van der Waals surface area contributed by atoms with Crippen LogP contribution in [0.15, 0.2) is 30.6 Å². The maximum absolute atomic E-state index is 11.8. The largest absolute Gasteiger partial charge is 0.493 e. The molecule has 0 fully saturated rings. The Kier molecular flexibility index (Phi) is 4.15. The van der Waals surface area contributed by atoms with Gasteiger partial charge in [-0.05, 0) is 24.3 Å². The number of nitrogens with one attached hydrogen (secondary N) is 1. The van der Waals surface area contributed by atoms with Crippen molar-refractivity contribution in [2.24, 2.45) is 0 Å². The Morgan fingerprint density at radius 3 is 2.54 bits per heavy atom. The molecule has 1 aromatic carbocycles. The van der Waals surface area contributed by atoms with E-state index in [1.807, 2.05) is 6.07 Å². The quantitative estimate of drug-likeness (QED) is 0.707. The molecule has 0 saturated heterocycles. The average Bonchev–Trinajstić information content (AvgIpc) is 3.29. The number of carbonyl (C=O) groups is 1. The Bertz CT molecular complexity index is 857. The second-order valence-electron chi connectivity index (χ2n) is 4.70. The molecule has 0 spiro atoms. The Morgan fingerprint density at radius 1 is 1.12 bits per heavy atom. The number of methoxy groups -OCH3 is 3. The zero-order chi connectivity index (χ0) is 17.1. The number of H-pyrrole nitrogens is 1. The van der Waals surface area contributed by atoms with Gasteiger partial charge < -0.3 is 14.2 Å². The fourth-order valence-corrected chi connectivity index (χ4v) is 2.25. The van der Waals surface area contributed by atoms with E-state index >= 15 is 0 Å². The van der Waals surface area contributed by atoms with Crippen molar-refractivity contribution >= 4 is 5.97 Å². The molecular formula is C15H15N5O4. The smallest absolute Gasteiger partial charge is 0.358 e. The molecule has 0 radical (unpaired) electrons. The lowest BCUT2D eigenvalue weighted by Gasteiger charge is -2.10. The highest BCUT2D eigenvalue weighted by Crippen LogP contribution is 2.33. The molecule has 9 heteroatoms. The molecule has 0 unspecified atom stereocenters. The summed E-state index contributed by atoms with van der Waals surface area (Å²) in [6.45, 7) is 0. The van der Waals surface area contributed by atoms with E-state index in [-0.39, 0.29) is 5.69 Å². The molecule has 0 atom stereocenters. The summed E-state index contributed by atoms with van der Waals surface area (Å²) in [5.74, 6) is 0.977. The number of aromatic nitrogens is 5. The van der Waals surface area contributed by atoms with Crippen LogP contribution in [0.5, 0.6) is 11.5 Å². The average molecular weight is 329 g/mol. The number of nitrogens with zero attached hydrogens (tertiary/aromatic N) is 4. The topological polar surface area (TPSA) is 104 Å². The summed E-state index contributed by atoms with van der Waals surface area (Å²) in [5.41, 5.74) is 1.53. The van der Waals surface area contributed by atoms with Gasteiger partial charge in [-0.2, -0.15) is 19.9 Å². The number of aromatic amines is 1. The van der Waals surface area contributed by atoms with E-state index in [1.54, 1.807) is 32.4 Å². The van der Waals surface area contributed by atoms with Gasteiger partial charge in [0.05, 0.1) is 27.0 Å². The first kappa shape index (κ1) is 15.5. The first-order valence-electron chi connectivity index (χ1n) is 6.94. The second kappa shape index (κ2) is 6.41. The van der Waals surface area contributed by atoms with Crippen molar-refractivity contribution in [1.29, 1.82) is 0 Å². The van der Waals surface area contributed by atoms with E-state index in [4.69, 9.17) is 14.2 Å². The van der Waals surface area contributed by atoms with Gasteiger partial charge in [0, 0.05) is 5.56 Å². The minimum Gasteiger partial charge on any atom is -0.493 e. The van der Waals surface area contributed by atoms with Crippen LogP contribution in [0.25, 0.3) is 17.2 Å². The maximum Gasteiger partial charge on any atom is 0.358 e. The highest BCUT2D eigenvalue weighted by atomic mass is 16.5. The number of esters is 1.